The molecule has 0 saturated carbocycles. The minimum absolute atomic E-state index is 0.246. The average Bonchev–Trinajstić information content (AvgIpc) is 2.29. The molecular formula is C10H15NO4. The van der Waals surface area contributed by atoms with E-state index < -0.39 is 0 Å². The molecule has 15 heavy (non-hydrogen) atoms. The molecule has 0 spiro atoms. The van der Waals surface area contributed by atoms with Gasteiger partial charge in [0.25, 0.3) is 0 Å². The van der Waals surface area contributed by atoms with Crippen LogP contribution in [0.25, 0.3) is 0 Å². The van der Waals surface area contributed by atoms with Crippen LogP contribution in [0.5, 0.6) is 17.2 Å². The van der Waals surface area contributed by atoms with Gasteiger partial charge in [0.15, 0.2) is 0 Å². The maximum atomic E-state index is 8.69. The number of hydrogen-bond acceptors (Lipinski definition) is 5. The zero-order valence-corrected chi connectivity index (χ0v) is 9.03. The van der Waals surface area contributed by atoms with Crippen LogP contribution in [0.2, 0.25) is 0 Å². The Morgan fingerprint density at radius 3 is 1.93 bits per heavy atom. The molecule has 5 nitrogen and oxygen atoms in total. The van der Waals surface area contributed by atoms with Crippen LogP contribution in [0.1, 0.15) is 5.56 Å². The van der Waals surface area contributed by atoms with Crippen molar-refractivity contribution in [2.24, 2.45) is 0 Å². The van der Waals surface area contributed by atoms with Gasteiger partial charge in [0.1, 0.15) is 17.2 Å². The van der Waals surface area contributed by atoms with Crippen molar-refractivity contribution in [2.45, 2.75) is 6.54 Å². The maximum Gasteiger partial charge on any atom is 0.130 e. The van der Waals surface area contributed by atoms with Crippen LogP contribution in [-0.2, 0) is 6.54 Å². The highest BCUT2D eigenvalue weighted by molar-refractivity contribution is 5.50. The lowest BCUT2D eigenvalue weighted by Gasteiger charge is -2.14. The molecule has 1 aromatic rings. The summed E-state index contributed by atoms with van der Waals surface area (Å²) in [7, 11) is 4.67. The van der Waals surface area contributed by atoms with Crippen molar-refractivity contribution in [2.75, 3.05) is 21.3 Å². The summed E-state index contributed by atoms with van der Waals surface area (Å²) >= 11 is 0. The van der Waals surface area contributed by atoms with E-state index in [1.807, 2.05) is 0 Å². The molecule has 0 aliphatic rings. The molecule has 1 rings (SSSR count). The first-order chi connectivity index (χ1) is 7.26. The van der Waals surface area contributed by atoms with Gasteiger partial charge in [-0.2, -0.15) is 0 Å². The maximum absolute atomic E-state index is 8.69. The van der Waals surface area contributed by atoms with Gasteiger partial charge >= 0.3 is 0 Å². The number of benzene rings is 1. The number of rotatable bonds is 5. The smallest absolute Gasteiger partial charge is 0.130 e. The van der Waals surface area contributed by atoms with Gasteiger partial charge in [0, 0.05) is 12.1 Å². The third kappa shape index (κ3) is 2.51. The van der Waals surface area contributed by atoms with Gasteiger partial charge in [-0.1, -0.05) is 0 Å². The van der Waals surface area contributed by atoms with Crippen LogP contribution in [0.4, 0.5) is 0 Å². The Balaban J connectivity index is 3.19. The summed E-state index contributed by atoms with van der Waals surface area (Å²) in [5.41, 5.74) is 2.81. The highest BCUT2D eigenvalue weighted by Gasteiger charge is 2.12. The van der Waals surface area contributed by atoms with E-state index in [1.165, 1.54) is 0 Å². The van der Waals surface area contributed by atoms with Gasteiger partial charge in [-0.25, -0.2) is 5.48 Å². The van der Waals surface area contributed by atoms with Gasteiger partial charge in [-0.15, -0.1) is 0 Å². The molecule has 0 fully saturated rings. The van der Waals surface area contributed by atoms with Crippen molar-refractivity contribution in [3.05, 3.63) is 17.7 Å². The third-order valence-corrected chi connectivity index (χ3v) is 2.07. The number of hydroxylamine groups is 1. The van der Waals surface area contributed by atoms with Crippen molar-refractivity contribution in [1.82, 2.24) is 5.48 Å². The molecule has 0 aromatic heterocycles. The standard InChI is InChI=1S/C10H15NO4/c1-13-7-4-9(14-2)8(6-11-12)10(5-7)15-3/h4-5,11-12H,6H2,1-3H3. The molecule has 84 valence electrons. The molecule has 0 bridgehead atoms. The lowest BCUT2D eigenvalue weighted by molar-refractivity contribution is 0.159. The fourth-order valence-electron chi connectivity index (χ4n) is 1.33. The number of methoxy groups -OCH3 is 3. The SMILES string of the molecule is COc1cc(OC)c(CNO)c(OC)c1. The van der Waals surface area contributed by atoms with Gasteiger partial charge in [-0.05, 0) is 0 Å². The molecule has 1 aromatic carbocycles. The Morgan fingerprint density at radius 2 is 1.60 bits per heavy atom. The zero-order valence-electron chi connectivity index (χ0n) is 9.03. The quantitative estimate of drug-likeness (QED) is 0.719. The molecule has 0 heterocycles. The van der Waals surface area contributed by atoms with Crippen LogP contribution in [0.15, 0.2) is 12.1 Å². The summed E-state index contributed by atoms with van der Waals surface area (Å²) in [6, 6.07) is 3.46. The lowest BCUT2D eigenvalue weighted by Crippen LogP contribution is -2.09. The van der Waals surface area contributed by atoms with Crippen LogP contribution < -0.4 is 19.7 Å². The fraction of sp³-hybridized carbons (Fsp3) is 0.400. The summed E-state index contributed by atoms with van der Waals surface area (Å²) in [6.07, 6.45) is 0. The molecule has 0 unspecified atom stereocenters. The highest BCUT2D eigenvalue weighted by atomic mass is 16.5. The predicted molar refractivity (Wildman–Crippen MR) is 54.7 cm³/mol. The van der Waals surface area contributed by atoms with Crippen LogP contribution in [0, 0.1) is 0 Å². The second-order valence-corrected chi connectivity index (χ2v) is 2.85. The number of ether oxygens (including phenoxy) is 3. The molecule has 2 N–H and O–H groups in total. The molecule has 0 aliphatic carbocycles. The summed E-state index contributed by atoms with van der Waals surface area (Å²) in [4.78, 5) is 0. The largest absolute Gasteiger partial charge is 0.496 e. The molecular weight excluding hydrogens is 198 g/mol. The molecule has 0 atom stereocenters. The monoisotopic (exact) mass is 213 g/mol. The number of nitrogens with one attached hydrogen (secondary N) is 1. The van der Waals surface area contributed by atoms with E-state index in [0.29, 0.717) is 17.2 Å². The van der Waals surface area contributed by atoms with E-state index in [2.05, 4.69) is 5.48 Å². The first-order valence-electron chi connectivity index (χ1n) is 4.42. The van der Waals surface area contributed by atoms with E-state index in [1.54, 1.807) is 33.5 Å². The topological polar surface area (TPSA) is 60.0 Å². The lowest BCUT2D eigenvalue weighted by atomic mass is 10.1. The van der Waals surface area contributed by atoms with Crippen LogP contribution >= 0.6 is 0 Å². The van der Waals surface area contributed by atoms with Crippen molar-refractivity contribution in [1.29, 1.82) is 0 Å². The Hall–Kier alpha value is -1.46. The average molecular weight is 213 g/mol. The van der Waals surface area contributed by atoms with Crippen LogP contribution in [-0.4, -0.2) is 26.5 Å². The predicted octanol–water partition coefficient (Wildman–Crippen LogP) is 1.19. The molecule has 0 amide bonds. The van der Waals surface area contributed by atoms with Gasteiger partial charge in [0.05, 0.1) is 33.4 Å². The van der Waals surface area contributed by atoms with Gasteiger partial charge in [0.2, 0.25) is 0 Å². The van der Waals surface area contributed by atoms with E-state index in [-0.39, 0.29) is 6.54 Å². The summed E-state index contributed by atoms with van der Waals surface area (Å²) < 4.78 is 15.4. The van der Waals surface area contributed by atoms with Crippen molar-refractivity contribution in [3.8, 4) is 17.2 Å². The Morgan fingerprint density at radius 1 is 1.07 bits per heavy atom. The van der Waals surface area contributed by atoms with Crippen molar-refractivity contribution >= 4 is 0 Å². The summed E-state index contributed by atoms with van der Waals surface area (Å²) in [6.45, 7) is 0.246. The summed E-state index contributed by atoms with van der Waals surface area (Å²) in [5.74, 6) is 1.85. The molecule has 0 saturated heterocycles. The molecule has 5 heteroatoms. The van der Waals surface area contributed by atoms with Gasteiger partial charge in [-0.3, -0.25) is 0 Å². The van der Waals surface area contributed by atoms with Crippen molar-refractivity contribution < 1.29 is 19.4 Å². The highest BCUT2D eigenvalue weighted by Crippen LogP contribution is 2.33. The normalized spacial score (nSPS) is 9.87. The van der Waals surface area contributed by atoms with Crippen molar-refractivity contribution in [3.63, 3.8) is 0 Å². The van der Waals surface area contributed by atoms with Crippen LogP contribution in [0.3, 0.4) is 0 Å². The Labute approximate surface area is 88.5 Å². The van der Waals surface area contributed by atoms with E-state index in [4.69, 9.17) is 19.4 Å². The first kappa shape index (κ1) is 11.6. The van der Waals surface area contributed by atoms with E-state index in [0.717, 1.165) is 5.56 Å². The molecule has 0 radical (unpaired) electrons. The third-order valence-electron chi connectivity index (χ3n) is 2.07. The van der Waals surface area contributed by atoms with E-state index >= 15 is 0 Å². The van der Waals surface area contributed by atoms with Gasteiger partial charge < -0.3 is 19.4 Å². The first-order valence-corrected chi connectivity index (χ1v) is 4.42. The Bertz CT molecular complexity index is 302. The minimum Gasteiger partial charge on any atom is -0.496 e. The molecule has 0 aliphatic heterocycles. The second kappa shape index (κ2) is 5.43. The minimum atomic E-state index is 0.246. The van der Waals surface area contributed by atoms with E-state index in [9.17, 15) is 0 Å². The Kier molecular flexibility index (Phi) is 4.20. The zero-order chi connectivity index (χ0) is 11.3. The fourth-order valence-corrected chi connectivity index (χ4v) is 1.33. The summed E-state index contributed by atoms with van der Waals surface area (Å²) in [5, 5.41) is 8.69. The second-order valence-electron chi connectivity index (χ2n) is 2.85. The number of hydrogen-bond donors (Lipinski definition) is 2.